The molecule has 6 rings (SSSR count). The highest BCUT2D eigenvalue weighted by molar-refractivity contribution is 9.10. The topological polar surface area (TPSA) is 132 Å². The SMILES string of the molecule is CN1CCN(C2CCN(c3ccc(Nc4ncc(Br)c(Nc5ccc6nccnc6c5NS(C)(=O)=O)n4)c(F)c3F)CC2)CC1. The minimum Gasteiger partial charge on any atom is -0.369 e. The number of benzene rings is 2. The van der Waals surface area contributed by atoms with Gasteiger partial charge in [-0.3, -0.25) is 19.6 Å². The van der Waals surface area contributed by atoms with Crippen molar-refractivity contribution < 1.29 is 17.2 Å². The maximum absolute atomic E-state index is 15.4. The molecule has 0 saturated carbocycles. The van der Waals surface area contributed by atoms with Gasteiger partial charge in [-0.05, 0) is 60.1 Å². The van der Waals surface area contributed by atoms with Gasteiger partial charge in [-0.1, -0.05) is 0 Å². The molecule has 0 aliphatic carbocycles. The smallest absolute Gasteiger partial charge is 0.229 e. The predicted molar refractivity (Wildman–Crippen MR) is 175 cm³/mol. The number of nitrogens with one attached hydrogen (secondary N) is 3. The Kier molecular flexibility index (Phi) is 8.99. The average Bonchev–Trinajstić information content (AvgIpc) is 3.02. The molecule has 2 aromatic heterocycles. The highest BCUT2D eigenvalue weighted by Crippen LogP contribution is 2.35. The highest BCUT2D eigenvalue weighted by atomic mass is 79.9. The first-order chi connectivity index (χ1) is 21.6. The molecule has 16 heteroatoms. The van der Waals surface area contributed by atoms with Crippen molar-refractivity contribution >= 4 is 71.5 Å². The van der Waals surface area contributed by atoms with Gasteiger partial charge in [-0.2, -0.15) is 4.98 Å². The molecule has 0 bridgehead atoms. The van der Waals surface area contributed by atoms with Crippen LogP contribution in [0, 0.1) is 11.6 Å². The Balaban J connectivity index is 1.18. The van der Waals surface area contributed by atoms with Crippen LogP contribution in [0.15, 0.2) is 47.3 Å². The molecule has 2 aliphatic rings. The van der Waals surface area contributed by atoms with E-state index in [9.17, 15) is 8.42 Å². The summed E-state index contributed by atoms with van der Waals surface area (Å²) in [7, 11) is -1.54. The number of halogens is 3. The van der Waals surface area contributed by atoms with Gasteiger partial charge in [0.2, 0.25) is 16.0 Å². The van der Waals surface area contributed by atoms with Crippen LogP contribution in [-0.2, 0) is 10.0 Å². The maximum atomic E-state index is 15.4. The van der Waals surface area contributed by atoms with Gasteiger partial charge >= 0.3 is 0 Å². The summed E-state index contributed by atoms with van der Waals surface area (Å²) < 4.78 is 58.0. The lowest BCUT2D eigenvalue weighted by atomic mass is 10.0. The van der Waals surface area contributed by atoms with Crippen molar-refractivity contribution in [1.29, 1.82) is 0 Å². The number of aromatic nitrogens is 4. The second kappa shape index (κ2) is 12.9. The highest BCUT2D eigenvalue weighted by Gasteiger charge is 2.29. The molecule has 0 radical (unpaired) electrons. The Bertz CT molecular complexity index is 1820. The lowest BCUT2D eigenvalue weighted by Crippen LogP contribution is -2.52. The molecule has 238 valence electrons. The minimum absolute atomic E-state index is 0.00190. The summed E-state index contributed by atoms with van der Waals surface area (Å²) in [5.74, 6) is -1.71. The Morgan fingerprint density at radius 3 is 2.33 bits per heavy atom. The summed E-state index contributed by atoms with van der Waals surface area (Å²) in [5.41, 5.74) is 1.46. The average molecular weight is 704 g/mol. The molecule has 2 saturated heterocycles. The van der Waals surface area contributed by atoms with Gasteiger partial charge in [-0.25, -0.2) is 22.2 Å². The van der Waals surface area contributed by atoms with Crippen LogP contribution in [0.2, 0.25) is 0 Å². The van der Waals surface area contributed by atoms with Crippen LogP contribution in [0.25, 0.3) is 11.0 Å². The van der Waals surface area contributed by atoms with Crippen molar-refractivity contribution in [3.8, 4) is 0 Å². The molecule has 3 N–H and O–H groups in total. The number of anilines is 6. The van der Waals surface area contributed by atoms with Crippen LogP contribution < -0.4 is 20.3 Å². The van der Waals surface area contributed by atoms with Crippen molar-refractivity contribution in [2.75, 3.05) is 72.8 Å². The van der Waals surface area contributed by atoms with Gasteiger partial charge in [0.25, 0.3) is 0 Å². The van der Waals surface area contributed by atoms with Crippen LogP contribution in [0.5, 0.6) is 0 Å². The van der Waals surface area contributed by atoms with Gasteiger partial charge in [0.1, 0.15) is 11.3 Å². The molecular weight excluding hydrogens is 670 g/mol. The Morgan fingerprint density at radius 2 is 1.60 bits per heavy atom. The number of hydrogen-bond acceptors (Lipinski definition) is 11. The van der Waals surface area contributed by atoms with Crippen LogP contribution in [0.4, 0.5) is 43.3 Å². The lowest BCUT2D eigenvalue weighted by molar-refractivity contribution is 0.0981. The van der Waals surface area contributed by atoms with Gasteiger partial charge in [-0.15, -0.1) is 0 Å². The third-order valence-corrected chi connectivity index (χ3v) is 9.25. The zero-order chi connectivity index (χ0) is 31.7. The normalized spacial score (nSPS) is 17.0. The minimum atomic E-state index is -3.67. The van der Waals surface area contributed by atoms with Gasteiger partial charge < -0.3 is 20.4 Å². The summed E-state index contributed by atoms with van der Waals surface area (Å²) >= 11 is 3.39. The maximum Gasteiger partial charge on any atom is 0.229 e. The van der Waals surface area contributed by atoms with E-state index in [-0.39, 0.29) is 28.8 Å². The number of sulfonamides is 1. The number of rotatable bonds is 8. The van der Waals surface area contributed by atoms with Crippen molar-refractivity contribution in [2.45, 2.75) is 18.9 Å². The van der Waals surface area contributed by atoms with Gasteiger partial charge in [0.15, 0.2) is 11.6 Å². The Morgan fingerprint density at radius 1 is 0.889 bits per heavy atom. The van der Waals surface area contributed by atoms with E-state index in [2.05, 4.69) is 68.1 Å². The second-order valence-corrected chi connectivity index (χ2v) is 13.8. The first-order valence-corrected chi connectivity index (χ1v) is 17.2. The molecule has 4 aromatic rings. The molecule has 0 amide bonds. The molecular formula is C29H33BrF2N10O2S. The molecule has 0 atom stereocenters. The fourth-order valence-corrected chi connectivity index (χ4v) is 6.60. The fraction of sp³-hybridized carbons (Fsp3) is 0.379. The van der Waals surface area contributed by atoms with Crippen molar-refractivity contribution in [2.24, 2.45) is 0 Å². The summed E-state index contributed by atoms with van der Waals surface area (Å²) in [4.78, 5) is 23.9. The van der Waals surface area contributed by atoms with Crippen molar-refractivity contribution in [3.05, 3.63) is 59.0 Å². The standard InChI is InChI=1S/C29H33BrF2N10O2S/c1-40-13-15-41(16-14-40)18-7-11-42(12-8-18)23-6-5-20(24(31)25(23)32)37-29-35-17-19(30)28(38-29)36-22-4-3-21-26(34-10-9-33-21)27(22)39-45(2,43)44/h3-6,9-10,17-18,39H,7-8,11-16H2,1-2H3,(H2,35,36,37,38). The summed E-state index contributed by atoms with van der Waals surface area (Å²) in [6.45, 7) is 5.48. The van der Waals surface area contributed by atoms with E-state index >= 15 is 8.78 Å². The Labute approximate surface area is 268 Å². The molecule has 2 aliphatic heterocycles. The van der Waals surface area contributed by atoms with E-state index < -0.39 is 21.7 Å². The van der Waals surface area contributed by atoms with Gasteiger partial charge in [0, 0.05) is 63.9 Å². The molecule has 45 heavy (non-hydrogen) atoms. The van der Waals surface area contributed by atoms with Crippen LogP contribution in [-0.4, -0.2) is 96.8 Å². The van der Waals surface area contributed by atoms with E-state index in [1.54, 1.807) is 18.2 Å². The van der Waals surface area contributed by atoms with E-state index in [1.165, 1.54) is 24.7 Å². The Hall–Kier alpha value is -3.73. The molecule has 2 aromatic carbocycles. The number of piperazine rings is 1. The molecule has 0 spiro atoms. The first-order valence-electron chi connectivity index (χ1n) is 14.5. The number of fused-ring (bicyclic) bond motifs is 1. The molecule has 0 unspecified atom stereocenters. The van der Waals surface area contributed by atoms with Crippen molar-refractivity contribution in [1.82, 2.24) is 29.7 Å². The number of piperidine rings is 1. The van der Waals surface area contributed by atoms with Crippen LogP contribution in [0.1, 0.15) is 12.8 Å². The zero-order valence-electron chi connectivity index (χ0n) is 24.8. The number of likely N-dealkylation sites (N-methyl/N-ethyl adjacent to an activating group) is 1. The summed E-state index contributed by atoms with van der Waals surface area (Å²) in [6.07, 6.45) is 7.23. The monoisotopic (exact) mass is 702 g/mol. The van der Waals surface area contributed by atoms with E-state index in [4.69, 9.17) is 0 Å². The van der Waals surface area contributed by atoms with E-state index in [1.807, 2.05) is 4.90 Å². The van der Waals surface area contributed by atoms with E-state index in [0.717, 1.165) is 45.3 Å². The summed E-state index contributed by atoms with van der Waals surface area (Å²) in [6, 6.07) is 6.83. The third kappa shape index (κ3) is 7.08. The zero-order valence-corrected chi connectivity index (χ0v) is 27.2. The molecule has 12 nitrogen and oxygen atoms in total. The largest absolute Gasteiger partial charge is 0.369 e. The molecule has 4 heterocycles. The van der Waals surface area contributed by atoms with Crippen LogP contribution in [0.3, 0.4) is 0 Å². The first kappa shape index (κ1) is 31.3. The third-order valence-electron chi connectivity index (χ3n) is 8.09. The summed E-state index contributed by atoms with van der Waals surface area (Å²) in [5, 5.41) is 5.85. The van der Waals surface area contributed by atoms with Crippen LogP contribution >= 0.6 is 15.9 Å². The number of nitrogens with zero attached hydrogens (tertiary/aromatic N) is 7. The predicted octanol–water partition coefficient (Wildman–Crippen LogP) is 4.54. The van der Waals surface area contributed by atoms with E-state index in [0.29, 0.717) is 40.3 Å². The van der Waals surface area contributed by atoms with Gasteiger partial charge in [0.05, 0.1) is 39.0 Å². The fourth-order valence-electron chi connectivity index (χ4n) is 5.73. The van der Waals surface area contributed by atoms with Crippen molar-refractivity contribution in [3.63, 3.8) is 0 Å². The second-order valence-electron chi connectivity index (χ2n) is 11.2. The number of hydrogen-bond donors (Lipinski definition) is 3. The quantitative estimate of drug-likeness (QED) is 0.239. The lowest BCUT2D eigenvalue weighted by Gasteiger charge is -2.42. The molecule has 2 fully saturated rings.